The molecule has 0 spiro atoms. The summed E-state index contributed by atoms with van der Waals surface area (Å²) in [6.07, 6.45) is 3.37. The van der Waals surface area contributed by atoms with Gasteiger partial charge in [-0.05, 0) is 36.8 Å². The Kier molecular flexibility index (Phi) is 2.49. The summed E-state index contributed by atoms with van der Waals surface area (Å²) in [5, 5.41) is 3.09. The number of anilines is 3. The van der Waals surface area contributed by atoms with Gasteiger partial charge >= 0.3 is 0 Å². The molecular weight excluding hydrogens is 188 g/mol. The maximum Gasteiger partial charge on any atom is 0.131 e. The fraction of sp³-hybridized carbons (Fsp3) is 0.0909. The van der Waals surface area contributed by atoms with Gasteiger partial charge in [-0.15, -0.1) is 0 Å². The first-order valence-corrected chi connectivity index (χ1v) is 4.65. The molecule has 0 fully saturated rings. The highest BCUT2D eigenvalue weighted by Gasteiger charge is 1.96. The van der Waals surface area contributed by atoms with Gasteiger partial charge in [0, 0.05) is 6.20 Å². The summed E-state index contributed by atoms with van der Waals surface area (Å²) in [4.78, 5) is 8.30. The van der Waals surface area contributed by atoms with Crippen LogP contribution >= 0.6 is 0 Å². The largest absolute Gasteiger partial charge is 0.397 e. The lowest BCUT2D eigenvalue weighted by Crippen LogP contribution is -1.96. The monoisotopic (exact) mass is 200 g/mol. The minimum atomic E-state index is 0.651. The zero-order chi connectivity index (χ0) is 10.7. The number of hydrogen-bond acceptors (Lipinski definition) is 4. The predicted octanol–water partition coefficient (Wildman–Crippen LogP) is 2.11. The molecule has 4 heteroatoms. The maximum absolute atomic E-state index is 5.54. The molecule has 0 bridgehead atoms. The van der Waals surface area contributed by atoms with Crippen LogP contribution in [-0.2, 0) is 0 Å². The van der Waals surface area contributed by atoms with E-state index in [4.69, 9.17) is 5.73 Å². The predicted molar refractivity (Wildman–Crippen MR) is 60.9 cm³/mol. The molecule has 0 saturated carbocycles. The van der Waals surface area contributed by atoms with Crippen LogP contribution < -0.4 is 11.1 Å². The number of aromatic nitrogens is 2. The van der Waals surface area contributed by atoms with E-state index in [1.165, 1.54) is 0 Å². The second-order valence-electron chi connectivity index (χ2n) is 3.32. The minimum Gasteiger partial charge on any atom is -0.397 e. The third-order valence-corrected chi connectivity index (χ3v) is 1.96. The lowest BCUT2D eigenvalue weighted by molar-refractivity contribution is 1.24. The summed E-state index contributed by atoms with van der Waals surface area (Å²) < 4.78 is 0. The van der Waals surface area contributed by atoms with Gasteiger partial charge in [0.15, 0.2) is 0 Å². The Morgan fingerprint density at radius 1 is 1.13 bits per heavy atom. The second-order valence-corrected chi connectivity index (χ2v) is 3.32. The third kappa shape index (κ3) is 2.43. The zero-order valence-corrected chi connectivity index (χ0v) is 8.44. The molecule has 0 aromatic carbocycles. The third-order valence-electron chi connectivity index (χ3n) is 1.96. The van der Waals surface area contributed by atoms with Gasteiger partial charge in [0.2, 0.25) is 0 Å². The zero-order valence-electron chi connectivity index (χ0n) is 8.44. The van der Waals surface area contributed by atoms with Crippen molar-refractivity contribution >= 4 is 17.3 Å². The molecule has 0 aliphatic carbocycles. The Bertz CT molecular complexity index is 450. The highest BCUT2D eigenvalue weighted by Crippen LogP contribution is 2.13. The van der Waals surface area contributed by atoms with Crippen molar-refractivity contribution in [1.82, 2.24) is 9.97 Å². The van der Waals surface area contributed by atoms with Crippen LogP contribution in [0.15, 0.2) is 36.7 Å². The van der Waals surface area contributed by atoms with Crippen LogP contribution in [0, 0.1) is 6.92 Å². The van der Waals surface area contributed by atoms with Crippen molar-refractivity contribution in [3.63, 3.8) is 0 Å². The van der Waals surface area contributed by atoms with Crippen LogP contribution in [-0.4, -0.2) is 9.97 Å². The summed E-state index contributed by atoms with van der Waals surface area (Å²) in [6, 6.07) is 7.52. The van der Waals surface area contributed by atoms with Crippen molar-refractivity contribution in [3.05, 3.63) is 42.2 Å². The molecule has 2 heterocycles. The van der Waals surface area contributed by atoms with E-state index in [1.807, 2.05) is 25.1 Å². The molecular formula is C11H12N4. The molecule has 76 valence electrons. The number of nitrogens with one attached hydrogen (secondary N) is 1. The molecule has 4 nitrogen and oxygen atoms in total. The van der Waals surface area contributed by atoms with Crippen molar-refractivity contribution in [2.24, 2.45) is 0 Å². The van der Waals surface area contributed by atoms with Gasteiger partial charge in [-0.1, -0.05) is 0 Å². The lowest BCUT2D eigenvalue weighted by Gasteiger charge is -2.04. The maximum atomic E-state index is 5.54. The van der Waals surface area contributed by atoms with Gasteiger partial charge in [0.25, 0.3) is 0 Å². The minimum absolute atomic E-state index is 0.651. The van der Waals surface area contributed by atoms with Gasteiger partial charge in [-0.3, -0.25) is 0 Å². The smallest absolute Gasteiger partial charge is 0.131 e. The molecule has 2 aromatic rings. The van der Waals surface area contributed by atoms with E-state index in [2.05, 4.69) is 15.3 Å². The summed E-state index contributed by atoms with van der Waals surface area (Å²) in [6.45, 7) is 2.02. The summed E-state index contributed by atoms with van der Waals surface area (Å²) in [5.41, 5.74) is 7.34. The molecule has 0 amide bonds. The number of aryl methyl sites for hydroxylation is 1. The van der Waals surface area contributed by atoms with E-state index in [0.29, 0.717) is 5.69 Å². The molecule has 0 aliphatic rings. The Labute approximate surface area is 88.2 Å². The van der Waals surface area contributed by atoms with Gasteiger partial charge in [-0.25, -0.2) is 9.97 Å². The molecule has 0 saturated heterocycles. The highest BCUT2D eigenvalue weighted by atomic mass is 15.0. The molecule has 0 radical (unpaired) electrons. The van der Waals surface area contributed by atoms with Crippen LogP contribution in [0.25, 0.3) is 0 Å². The molecule has 2 rings (SSSR count). The first-order chi connectivity index (χ1) is 7.24. The summed E-state index contributed by atoms with van der Waals surface area (Å²) >= 11 is 0. The number of nitrogen functional groups attached to an aromatic ring is 1. The number of rotatable bonds is 2. The molecule has 0 atom stereocenters. The number of nitrogens with zero attached hydrogens (tertiary/aromatic N) is 2. The van der Waals surface area contributed by atoms with Crippen LogP contribution in [0.5, 0.6) is 0 Å². The fourth-order valence-electron chi connectivity index (χ4n) is 1.21. The Morgan fingerprint density at radius 3 is 2.67 bits per heavy atom. The van der Waals surface area contributed by atoms with Crippen LogP contribution in [0.4, 0.5) is 17.3 Å². The SMILES string of the molecule is Cc1ccnc(Nc2ccc(N)cn2)c1. The van der Waals surface area contributed by atoms with E-state index < -0.39 is 0 Å². The first-order valence-electron chi connectivity index (χ1n) is 4.65. The van der Waals surface area contributed by atoms with Crippen molar-refractivity contribution in [3.8, 4) is 0 Å². The molecule has 0 aliphatic heterocycles. The van der Waals surface area contributed by atoms with Crippen LogP contribution in [0.1, 0.15) is 5.56 Å². The van der Waals surface area contributed by atoms with Crippen molar-refractivity contribution in [1.29, 1.82) is 0 Å². The van der Waals surface area contributed by atoms with E-state index >= 15 is 0 Å². The molecule has 2 aromatic heterocycles. The van der Waals surface area contributed by atoms with Gasteiger partial charge in [0.1, 0.15) is 11.6 Å². The van der Waals surface area contributed by atoms with Gasteiger partial charge in [-0.2, -0.15) is 0 Å². The van der Waals surface area contributed by atoms with Gasteiger partial charge in [0.05, 0.1) is 11.9 Å². The van der Waals surface area contributed by atoms with Crippen molar-refractivity contribution < 1.29 is 0 Å². The normalized spacial score (nSPS) is 9.93. The van der Waals surface area contributed by atoms with E-state index in [9.17, 15) is 0 Å². The Balaban J connectivity index is 2.18. The quantitative estimate of drug-likeness (QED) is 0.779. The number of nitrogens with two attached hydrogens (primary N) is 1. The van der Waals surface area contributed by atoms with E-state index in [0.717, 1.165) is 17.2 Å². The topological polar surface area (TPSA) is 63.8 Å². The summed E-state index contributed by atoms with van der Waals surface area (Å²) in [7, 11) is 0. The fourth-order valence-corrected chi connectivity index (χ4v) is 1.21. The first kappa shape index (κ1) is 9.45. The summed E-state index contributed by atoms with van der Waals surface area (Å²) in [5.74, 6) is 1.52. The van der Waals surface area contributed by atoms with Crippen molar-refractivity contribution in [2.45, 2.75) is 6.92 Å². The van der Waals surface area contributed by atoms with Crippen LogP contribution in [0.2, 0.25) is 0 Å². The van der Waals surface area contributed by atoms with Crippen molar-refractivity contribution in [2.75, 3.05) is 11.1 Å². The Morgan fingerprint density at radius 2 is 2.00 bits per heavy atom. The average Bonchev–Trinajstić information content (AvgIpc) is 2.22. The van der Waals surface area contributed by atoms with E-state index in [-0.39, 0.29) is 0 Å². The molecule has 15 heavy (non-hydrogen) atoms. The van der Waals surface area contributed by atoms with Gasteiger partial charge < -0.3 is 11.1 Å². The van der Waals surface area contributed by atoms with E-state index in [1.54, 1.807) is 18.5 Å². The molecule has 3 N–H and O–H groups in total. The number of hydrogen-bond donors (Lipinski definition) is 2. The van der Waals surface area contributed by atoms with Crippen LogP contribution in [0.3, 0.4) is 0 Å². The highest BCUT2D eigenvalue weighted by molar-refractivity contribution is 5.54. The second kappa shape index (κ2) is 3.96. The Hall–Kier alpha value is -2.10. The average molecular weight is 200 g/mol. The molecule has 0 unspecified atom stereocenters. The standard InChI is InChI=1S/C11H12N4/c1-8-4-5-13-11(6-8)15-10-3-2-9(12)7-14-10/h2-7H,12H2,1H3,(H,13,14,15). The number of pyridine rings is 2. The lowest BCUT2D eigenvalue weighted by atomic mass is 10.3.